The van der Waals surface area contributed by atoms with Crippen molar-refractivity contribution in [2.45, 2.75) is 23.4 Å². The second-order valence-electron chi connectivity index (χ2n) is 5.97. The molecule has 3 rings (SSSR count). The van der Waals surface area contributed by atoms with Crippen LogP contribution < -0.4 is 10.6 Å². The van der Waals surface area contributed by atoms with E-state index in [2.05, 4.69) is 31.5 Å². The quantitative estimate of drug-likeness (QED) is 0.555. The molecule has 28 heavy (non-hydrogen) atoms. The SMILES string of the molecule is CC(=O)Nc1ccc(CNC(=O)c2ccccc2Sc2ccc(Br)cn2)cc1. The van der Waals surface area contributed by atoms with E-state index in [-0.39, 0.29) is 11.8 Å². The molecule has 7 heteroatoms. The van der Waals surface area contributed by atoms with E-state index in [1.54, 1.807) is 12.3 Å². The Balaban J connectivity index is 1.66. The van der Waals surface area contributed by atoms with Gasteiger partial charge in [-0.1, -0.05) is 36.0 Å². The number of carbonyl (C=O) groups is 2. The maximum atomic E-state index is 12.7. The molecule has 0 saturated heterocycles. The highest BCUT2D eigenvalue weighted by molar-refractivity contribution is 9.10. The second kappa shape index (κ2) is 9.52. The van der Waals surface area contributed by atoms with Crippen LogP contribution in [-0.4, -0.2) is 16.8 Å². The maximum Gasteiger partial charge on any atom is 0.252 e. The lowest BCUT2D eigenvalue weighted by atomic mass is 10.2. The van der Waals surface area contributed by atoms with Crippen LogP contribution in [0.1, 0.15) is 22.8 Å². The summed E-state index contributed by atoms with van der Waals surface area (Å²) in [5, 5.41) is 6.48. The van der Waals surface area contributed by atoms with E-state index in [0.717, 1.165) is 25.6 Å². The Morgan fingerprint density at radius 3 is 2.46 bits per heavy atom. The Morgan fingerprint density at radius 2 is 1.79 bits per heavy atom. The van der Waals surface area contributed by atoms with E-state index in [4.69, 9.17) is 0 Å². The average Bonchev–Trinajstić information content (AvgIpc) is 2.69. The Bertz CT molecular complexity index is 976. The summed E-state index contributed by atoms with van der Waals surface area (Å²) in [5.41, 5.74) is 2.28. The number of halogens is 1. The van der Waals surface area contributed by atoms with Crippen LogP contribution in [0, 0.1) is 0 Å². The van der Waals surface area contributed by atoms with Gasteiger partial charge in [-0.3, -0.25) is 9.59 Å². The number of nitrogens with zero attached hydrogens (tertiary/aromatic N) is 1. The predicted molar refractivity (Wildman–Crippen MR) is 114 cm³/mol. The van der Waals surface area contributed by atoms with Gasteiger partial charge in [0.15, 0.2) is 0 Å². The van der Waals surface area contributed by atoms with Crippen molar-refractivity contribution >= 4 is 45.2 Å². The van der Waals surface area contributed by atoms with Crippen molar-refractivity contribution in [3.8, 4) is 0 Å². The molecule has 0 atom stereocenters. The number of hydrogen-bond donors (Lipinski definition) is 2. The summed E-state index contributed by atoms with van der Waals surface area (Å²) in [6.45, 7) is 1.86. The van der Waals surface area contributed by atoms with Gasteiger partial charge in [0.1, 0.15) is 5.03 Å². The van der Waals surface area contributed by atoms with Crippen LogP contribution in [-0.2, 0) is 11.3 Å². The zero-order chi connectivity index (χ0) is 19.9. The van der Waals surface area contributed by atoms with E-state index in [9.17, 15) is 9.59 Å². The van der Waals surface area contributed by atoms with Crippen LogP contribution >= 0.6 is 27.7 Å². The minimum absolute atomic E-state index is 0.115. The fraction of sp³-hybridized carbons (Fsp3) is 0.0952. The molecule has 0 unspecified atom stereocenters. The highest BCUT2D eigenvalue weighted by Crippen LogP contribution is 2.29. The maximum absolute atomic E-state index is 12.7. The van der Waals surface area contributed by atoms with Crippen molar-refractivity contribution in [3.63, 3.8) is 0 Å². The highest BCUT2D eigenvalue weighted by atomic mass is 79.9. The van der Waals surface area contributed by atoms with Crippen LogP contribution in [0.25, 0.3) is 0 Å². The third kappa shape index (κ3) is 5.68. The lowest BCUT2D eigenvalue weighted by Gasteiger charge is -2.10. The molecule has 2 N–H and O–H groups in total. The number of amides is 2. The number of hydrogen-bond acceptors (Lipinski definition) is 4. The standard InChI is InChI=1S/C21H18BrN3O2S/c1-14(26)25-17-9-6-15(7-10-17)12-24-21(27)18-4-2-3-5-19(18)28-20-11-8-16(22)13-23-20/h2-11,13H,12H2,1H3,(H,24,27)(H,25,26). The van der Waals surface area contributed by atoms with Crippen molar-refractivity contribution in [1.29, 1.82) is 0 Å². The lowest BCUT2D eigenvalue weighted by molar-refractivity contribution is -0.114. The summed E-state index contributed by atoms with van der Waals surface area (Å²) in [6.07, 6.45) is 1.73. The molecule has 0 fully saturated rings. The van der Waals surface area contributed by atoms with Gasteiger partial charge in [0.05, 0.1) is 5.56 Å². The van der Waals surface area contributed by atoms with Gasteiger partial charge in [0.2, 0.25) is 5.91 Å². The summed E-state index contributed by atoms with van der Waals surface area (Å²) in [5.74, 6) is -0.262. The molecule has 2 aromatic carbocycles. The van der Waals surface area contributed by atoms with Gasteiger partial charge in [-0.2, -0.15) is 0 Å². The number of rotatable bonds is 6. The van der Waals surface area contributed by atoms with Crippen LogP contribution in [0.15, 0.2) is 81.3 Å². The van der Waals surface area contributed by atoms with Gasteiger partial charge in [-0.05, 0) is 57.9 Å². The molecule has 2 amide bonds. The normalized spacial score (nSPS) is 10.4. The topological polar surface area (TPSA) is 71.1 Å². The molecule has 0 aliphatic rings. The number of aromatic nitrogens is 1. The van der Waals surface area contributed by atoms with Crippen molar-refractivity contribution in [3.05, 3.63) is 82.5 Å². The lowest BCUT2D eigenvalue weighted by Crippen LogP contribution is -2.23. The minimum atomic E-state index is -0.147. The van der Waals surface area contributed by atoms with Gasteiger partial charge in [-0.15, -0.1) is 0 Å². The molecular weight excluding hydrogens is 438 g/mol. The van der Waals surface area contributed by atoms with Crippen molar-refractivity contribution < 1.29 is 9.59 Å². The fourth-order valence-corrected chi connectivity index (χ4v) is 3.58. The largest absolute Gasteiger partial charge is 0.348 e. The number of anilines is 1. The smallest absolute Gasteiger partial charge is 0.252 e. The molecule has 5 nitrogen and oxygen atoms in total. The summed E-state index contributed by atoms with van der Waals surface area (Å²) in [4.78, 5) is 29.0. The number of carbonyl (C=O) groups excluding carboxylic acids is 2. The molecule has 142 valence electrons. The van der Waals surface area contributed by atoms with E-state index in [0.29, 0.717) is 12.1 Å². The van der Waals surface area contributed by atoms with Crippen LogP contribution in [0.3, 0.4) is 0 Å². The minimum Gasteiger partial charge on any atom is -0.348 e. The summed E-state index contributed by atoms with van der Waals surface area (Å²) in [6, 6.07) is 18.6. The molecule has 1 aromatic heterocycles. The zero-order valence-electron chi connectivity index (χ0n) is 15.1. The monoisotopic (exact) mass is 455 g/mol. The first-order chi connectivity index (χ1) is 13.5. The Hall–Kier alpha value is -2.64. The molecule has 0 spiro atoms. The van der Waals surface area contributed by atoms with E-state index >= 15 is 0 Å². The predicted octanol–water partition coefficient (Wildman–Crippen LogP) is 4.88. The van der Waals surface area contributed by atoms with E-state index < -0.39 is 0 Å². The van der Waals surface area contributed by atoms with Crippen LogP contribution in [0.5, 0.6) is 0 Å². The van der Waals surface area contributed by atoms with Gasteiger partial charge >= 0.3 is 0 Å². The number of nitrogens with one attached hydrogen (secondary N) is 2. The first-order valence-corrected chi connectivity index (χ1v) is 10.2. The summed E-state index contributed by atoms with van der Waals surface area (Å²) < 4.78 is 0.910. The molecule has 0 bridgehead atoms. The molecule has 1 heterocycles. The van der Waals surface area contributed by atoms with Gasteiger partial charge < -0.3 is 10.6 Å². The molecule has 0 radical (unpaired) electrons. The van der Waals surface area contributed by atoms with E-state index in [1.165, 1.54) is 18.7 Å². The van der Waals surface area contributed by atoms with Gasteiger partial charge in [-0.25, -0.2) is 4.98 Å². The fourth-order valence-electron chi connectivity index (χ4n) is 2.47. The van der Waals surface area contributed by atoms with Gasteiger partial charge in [0, 0.05) is 34.7 Å². The molecule has 3 aromatic rings. The highest BCUT2D eigenvalue weighted by Gasteiger charge is 2.12. The van der Waals surface area contributed by atoms with Crippen molar-refractivity contribution in [2.24, 2.45) is 0 Å². The average molecular weight is 456 g/mol. The molecule has 0 aliphatic carbocycles. The van der Waals surface area contributed by atoms with Gasteiger partial charge in [0.25, 0.3) is 5.91 Å². The Morgan fingerprint density at radius 1 is 1.04 bits per heavy atom. The molecule has 0 saturated carbocycles. The van der Waals surface area contributed by atoms with Crippen LogP contribution in [0.4, 0.5) is 5.69 Å². The zero-order valence-corrected chi connectivity index (χ0v) is 17.5. The molecule has 0 aliphatic heterocycles. The Kier molecular flexibility index (Phi) is 6.84. The molecular formula is C21H18BrN3O2S. The van der Waals surface area contributed by atoms with Crippen molar-refractivity contribution in [2.75, 3.05) is 5.32 Å². The second-order valence-corrected chi connectivity index (χ2v) is 7.95. The van der Waals surface area contributed by atoms with Crippen molar-refractivity contribution in [1.82, 2.24) is 10.3 Å². The third-order valence-corrected chi connectivity index (χ3v) is 5.27. The number of pyridine rings is 1. The van der Waals surface area contributed by atoms with Crippen LogP contribution in [0.2, 0.25) is 0 Å². The Labute approximate surface area is 176 Å². The number of benzene rings is 2. The summed E-state index contributed by atoms with van der Waals surface area (Å²) in [7, 11) is 0. The summed E-state index contributed by atoms with van der Waals surface area (Å²) >= 11 is 4.82. The van der Waals surface area contributed by atoms with E-state index in [1.807, 2.05) is 54.6 Å². The third-order valence-electron chi connectivity index (χ3n) is 3.77. The first kappa shape index (κ1) is 20.1. The first-order valence-electron chi connectivity index (χ1n) is 8.54.